The number of carbonyl (C=O) groups excluding carboxylic acids is 1. The smallest absolute Gasteiger partial charge is 0.266 e. The summed E-state index contributed by atoms with van der Waals surface area (Å²) in [7, 11) is 3.38. The largest absolute Gasteiger partial charge is 0.495 e. The van der Waals surface area contributed by atoms with E-state index in [9.17, 15) is 10.1 Å². The Kier molecular flexibility index (Phi) is 6.25. The summed E-state index contributed by atoms with van der Waals surface area (Å²) in [5.74, 6) is 0.436. The highest BCUT2D eigenvalue weighted by Gasteiger charge is 2.24. The summed E-state index contributed by atoms with van der Waals surface area (Å²) in [6.07, 6.45) is 7.02. The first-order valence-corrected chi connectivity index (χ1v) is 8.35. The van der Waals surface area contributed by atoms with Gasteiger partial charge in [-0.25, -0.2) is 0 Å². The van der Waals surface area contributed by atoms with Crippen molar-refractivity contribution in [1.82, 2.24) is 4.90 Å². The molecule has 0 radical (unpaired) electrons. The van der Waals surface area contributed by atoms with Gasteiger partial charge in [0, 0.05) is 19.3 Å². The Morgan fingerprint density at radius 1 is 1.38 bits per heavy atom. The third-order valence-corrected chi connectivity index (χ3v) is 4.52. The van der Waals surface area contributed by atoms with E-state index in [4.69, 9.17) is 4.74 Å². The van der Waals surface area contributed by atoms with Crippen LogP contribution in [0.15, 0.2) is 30.0 Å². The molecule has 1 aliphatic rings. The van der Waals surface area contributed by atoms with E-state index in [1.165, 1.54) is 12.6 Å². The number of nitrogens with one attached hydrogen (secondary N) is 1. The van der Waals surface area contributed by atoms with Gasteiger partial charge in [0.2, 0.25) is 0 Å². The monoisotopic (exact) mass is 327 g/mol. The number of carbonyl (C=O) groups is 1. The van der Waals surface area contributed by atoms with Crippen LogP contribution in [0.1, 0.15) is 37.7 Å². The molecule has 1 fully saturated rings. The normalized spacial score (nSPS) is 15.5. The predicted octanol–water partition coefficient (Wildman–Crippen LogP) is 3.61. The second-order valence-electron chi connectivity index (χ2n) is 6.23. The minimum Gasteiger partial charge on any atom is -0.495 e. The first kappa shape index (κ1) is 17.9. The number of benzene rings is 1. The maximum Gasteiger partial charge on any atom is 0.266 e. The highest BCUT2D eigenvalue weighted by atomic mass is 16.5. The summed E-state index contributed by atoms with van der Waals surface area (Å²) in [5, 5.41) is 12.4. The molecule has 24 heavy (non-hydrogen) atoms. The van der Waals surface area contributed by atoms with Gasteiger partial charge in [-0.05, 0) is 37.5 Å². The standard InChI is InChI=1S/C19H25N3O2/c1-14-9-10-18(24-3)17(11-14)21-13-15(12-20)19(23)22(2)16-7-5-4-6-8-16/h9-11,13,16,21H,4-8H2,1-3H3/b15-13-. The van der Waals surface area contributed by atoms with Crippen molar-refractivity contribution in [1.29, 1.82) is 5.26 Å². The molecule has 0 atom stereocenters. The lowest BCUT2D eigenvalue weighted by Gasteiger charge is -2.31. The molecular weight excluding hydrogens is 302 g/mol. The van der Waals surface area contributed by atoms with E-state index >= 15 is 0 Å². The molecule has 5 heteroatoms. The number of nitrogens with zero attached hydrogens (tertiary/aromatic N) is 2. The molecule has 0 heterocycles. The van der Waals surface area contributed by atoms with E-state index < -0.39 is 0 Å². The molecule has 0 aliphatic heterocycles. The Balaban J connectivity index is 2.12. The number of ether oxygens (including phenoxy) is 1. The Bertz CT molecular complexity index is 655. The first-order chi connectivity index (χ1) is 11.6. The van der Waals surface area contributed by atoms with E-state index in [-0.39, 0.29) is 17.5 Å². The number of likely N-dealkylation sites (N-methyl/N-ethyl adjacent to an activating group) is 1. The number of amides is 1. The van der Waals surface area contributed by atoms with Gasteiger partial charge in [-0.3, -0.25) is 4.79 Å². The fourth-order valence-corrected chi connectivity index (χ4v) is 3.05. The molecule has 1 aliphatic carbocycles. The molecular formula is C19H25N3O2. The van der Waals surface area contributed by atoms with Crippen molar-refractivity contribution in [2.24, 2.45) is 0 Å². The van der Waals surface area contributed by atoms with Crippen molar-refractivity contribution in [2.75, 3.05) is 19.5 Å². The summed E-state index contributed by atoms with van der Waals surface area (Å²) in [5.41, 5.74) is 1.90. The van der Waals surface area contributed by atoms with E-state index in [0.717, 1.165) is 36.9 Å². The van der Waals surface area contributed by atoms with Gasteiger partial charge in [-0.1, -0.05) is 25.3 Å². The fraction of sp³-hybridized carbons (Fsp3) is 0.474. The van der Waals surface area contributed by atoms with Crippen LogP contribution in [-0.2, 0) is 4.79 Å². The molecule has 1 amide bonds. The van der Waals surface area contributed by atoms with Gasteiger partial charge >= 0.3 is 0 Å². The van der Waals surface area contributed by atoms with Crippen molar-refractivity contribution in [3.8, 4) is 11.8 Å². The van der Waals surface area contributed by atoms with Gasteiger partial charge in [-0.2, -0.15) is 5.26 Å². The number of hydrogen-bond donors (Lipinski definition) is 1. The van der Waals surface area contributed by atoms with Gasteiger partial charge in [0.05, 0.1) is 12.8 Å². The molecule has 0 aromatic heterocycles. The van der Waals surface area contributed by atoms with Crippen LogP contribution in [0.25, 0.3) is 0 Å². The third-order valence-electron chi connectivity index (χ3n) is 4.52. The lowest BCUT2D eigenvalue weighted by atomic mass is 9.94. The van der Waals surface area contributed by atoms with Gasteiger partial charge in [-0.15, -0.1) is 0 Å². The minimum atomic E-state index is -0.233. The van der Waals surface area contributed by atoms with Crippen LogP contribution in [-0.4, -0.2) is 31.0 Å². The number of aryl methyl sites for hydroxylation is 1. The van der Waals surface area contributed by atoms with Gasteiger partial charge < -0.3 is 15.0 Å². The molecule has 0 spiro atoms. The Morgan fingerprint density at radius 3 is 2.71 bits per heavy atom. The van der Waals surface area contributed by atoms with Crippen LogP contribution in [0.2, 0.25) is 0 Å². The van der Waals surface area contributed by atoms with Crippen molar-refractivity contribution < 1.29 is 9.53 Å². The first-order valence-electron chi connectivity index (χ1n) is 8.35. The minimum absolute atomic E-state index is 0.103. The molecule has 128 valence electrons. The fourth-order valence-electron chi connectivity index (χ4n) is 3.05. The summed E-state index contributed by atoms with van der Waals surface area (Å²) in [6, 6.07) is 7.96. The molecule has 0 bridgehead atoms. The second-order valence-corrected chi connectivity index (χ2v) is 6.23. The summed E-state index contributed by atoms with van der Waals surface area (Å²) >= 11 is 0. The van der Waals surface area contributed by atoms with E-state index in [1.54, 1.807) is 19.1 Å². The third kappa shape index (κ3) is 4.29. The second kappa shape index (κ2) is 8.39. The number of rotatable bonds is 5. The average Bonchev–Trinajstić information content (AvgIpc) is 2.62. The quantitative estimate of drug-likeness (QED) is 0.663. The molecule has 0 saturated heterocycles. The summed E-state index contributed by atoms with van der Waals surface area (Å²) < 4.78 is 5.30. The lowest BCUT2D eigenvalue weighted by molar-refractivity contribution is -0.128. The van der Waals surface area contributed by atoms with Crippen LogP contribution < -0.4 is 10.1 Å². The number of nitriles is 1. The molecule has 1 aromatic rings. The van der Waals surface area contributed by atoms with Crippen LogP contribution in [0.4, 0.5) is 5.69 Å². The molecule has 1 aromatic carbocycles. The topological polar surface area (TPSA) is 65.4 Å². The predicted molar refractivity (Wildman–Crippen MR) is 94.7 cm³/mol. The van der Waals surface area contributed by atoms with Crippen molar-refractivity contribution >= 4 is 11.6 Å². The Labute approximate surface area is 143 Å². The summed E-state index contributed by atoms with van der Waals surface area (Å²) in [4.78, 5) is 14.3. The van der Waals surface area contributed by atoms with Gasteiger partial charge in [0.1, 0.15) is 17.4 Å². The summed E-state index contributed by atoms with van der Waals surface area (Å²) in [6.45, 7) is 1.97. The van der Waals surface area contributed by atoms with E-state index in [0.29, 0.717) is 5.75 Å². The van der Waals surface area contributed by atoms with Crippen LogP contribution in [0.3, 0.4) is 0 Å². The number of hydrogen-bond acceptors (Lipinski definition) is 4. The molecule has 0 unspecified atom stereocenters. The van der Waals surface area contributed by atoms with E-state index in [1.807, 2.05) is 31.2 Å². The average molecular weight is 327 g/mol. The SMILES string of the molecule is COc1ccc(C)cc1N/C=C(/C#N)C(=O)N(C)C1CCCCC1. The number of anilines is 1. The highest BCUT2D eigenvalue weighted by Crippen LogP contribution is 2.26. The van der Waals surface area contributed by atoms with Crippen LogP contribution in [0, 0.1) is 18.3 Å². The highest BCUT2D eigenvalue weighted by molar-refractivity contribution is 5.97. The maximum atomic E-state index is 12.6. The zero-order valence-corrected chi connectivity index (χ0v) is 14.6. The van der Waals surface area contributed by atoms with Crippen LogP contribution >= 0.6 is 0 Å². The lowest BCUT2D eigenvalue weighted by Crippen LogP contribution is -2.39. The zero-order valence-electron chi connectivity index (χ0n) is 14.6. The molecule has 1 saturated carbocycles. The molecule has 2 rings (SSSR count). The van der Waals surface area contributed by atoms with Crippen molar-refractivity contribution in [2.45, 2.75) is 45.1 Å². The van der Waals surface area contributed by atoms with Gasteiger partial charge in [0.25, 0.3) is 5.91 Å². The number of methoxy groups -OCH3 is 1. The van der Waals surface area contributed by atoms with Crippen molar-refractivity contribution in [3.63, 3.8) is 0 Å². The van der Waals surface area contributed by atoms with Gasteiger partial charge in [0.15, 0.2) is 0 Å². The zero-order chi connectivity index (χ0) is 17.5. The van der Waals surface area contributed by atoms with Crippen LogP contribution in [0.5, 0.6) is 5.75 Å². The van der Waals surface area contributed by atoms with Crippen molar-refractivity contribution in [3.05, 3.63) is 35.5 Å². The molecule has 1 N–H and O–H groups in total. The van der Waals surface area contributed by atoms with E-state index in [2.05, 4.69) is 5.32 Å². The Hall–Kier alpha value is -2.48. The maximum absolute atomic E-state index is 12.6. The molecule has 5 nitrogen and oxygen atoms in total. The Morgan fingerprint density at radius 2 is 2.08 bits per heavy atom.